The molecule has 22 heavy (non-hydrogen) atoms. The van der Waals surface area contributed by atoms with Gasteiger partial charge in [0.15, 0.2) is 5.96 Å². The molecule has 1 N–H and O–H groups in total. The molecule has 0 radical (unpaired) electrons. The maximum atomic E-state index is 11.7. The number of halogens is 1. The maximum absolute atomic E-state index is 11.7. The van der Waals surface area contributed by atoms with Crippen molar-refractivity contribution in [3.05, 3.63) is 12.7 Å². The van der Waals surface area contributed by atoms with E-state index in [2.05, 4.69) is 35.6 Å². The summed E-state index contributed by atoms with van der Waals surface area (Å²) in [6.07, 6.45) is 1.81. The fourth-order valence-corrected chi connectivity index (χ4v) is 3.29. The zero-order chi connectivity index (χ0) is 15.8. The first-order valence-electron chi connectivity index (χ1n) is 7.41. The Hall–Kier alpha value is -0.440. The van der Waals surface area contributed by atoms with E-state index >= 15 is 0 Å². The molecule has 128 valence electrons. The average molecular weight is 440 g/mol. The fourth-order valence-electron chi connectivity index (χ4n) is 1.99. The van der Waals surface area contributed by atoms with E-state index in [1.165, 1.54) is 0 Å². The Labute approximate surface area is 156 Å². The van der Waals surface area contributed by atoms with Gasteiger partial charge >= 0.3 is 0 Å². The Bertz CT molecular complexity index is 388. The van der Waals surface area contributed by atoms with Crippen molar-refractivity contribution in [2.45, 2.75) is 19.1 Å². The normalized spacial score (nSPS) is 18.7. The Balaban J connectivity index is 0.00000441. The van der Waals surface area contributed by atoms with Crippen molar-refractivity contribution in [3.8, 4) is 0 Å². The third-order valence-electron chi connectivity index (χ3n) is 3.40. The molecular formula is C15H29IN4OS. The van der Waals surface area contributed by atoms with E-state index in [-0.39, 0.29) is 36.4 Å². The van der Waals surface area contributed by atoms with Gasteiger partial charge in [0.1, 0.15) is 6.54 Å². The van der Waals surface area contributed by atoms with Gasteiger partial charge in [-0.3, -0.25) is 4.79 Å². The molecule has 0 aromatic rings. The number of likely N-dealkylation sites (N-methyl/N-ethyl adjacent to an activating group) is 1. The van der Waals surface area contributed by atoms with Gasteiger partial charge in [0, 0.05) is 44.7 Å². The van der Waals surface area contributed by atoms with Crippen LogP contribution < -0.4 is 5.32 Å². The van der Waals surface area contributed by atoms with Crippen LogP contribution in [0.25, 0.3) is 0 Å². The van der Waals surface area contributed by atoms with Crippen LogP contribution >= 0.6 is 35.7 Å². The molecule has 1 rings (SSSR count). The molecule has 1 aliphatic heterocycles. The summed E-state index contributed by atoms with van der Waals surface area (Å²) in [5.74, 6) is 2.57. The second-order valence-electron chi connectivity index (χ2n) is 5.70. The first kappa shape index (κ1) is 21.6. The number of thioether (sulfide) groups is 1. The molecule has 0 aromatic carbocycles. The second-order valence-corrected chi connectivity index (χ2v) is 7.04. The molecule has 1 atom stereocenters. The predicted octanol–water partition coefficient (Wildman–Crippen LogP) is 1.90. The fraction of sp³-hybridized carbons (Fsp3) is 0.733. The van der Waals surface area contributed by atoms with Crippen molar-refractivity contribution in [2.75, 3.05) is 46.0 Å². The summed E-state index contributed by atoms with van der Waals surface area (Å²) in [4.78, 5) is 20.0. The monoisotopic (exact) mass is 440 g/mol. The van der Waals surface area contributed by atoms with Crippen molar-refractivity contribution in [1.29, 1.82) is 0 Å². The molecule has 0 bridgehead atoms. The van der Waals surface area contributed by atoms with E-state index in [1.54, 1.807) is 19.0 Å². The first-order valence-corrected chi connectivity index (χ1v) is 8.46. The summed E-state index contributed by atoms with van der Waals surface area (Å²) in [5.41, 5.74) is 0. The van der Waals surface area contributed by atoms with Crippen LogP contribution in [0.1, 0.15) is 13.8 Å². The van der Waals surface area contributed by atoms with Gasteiger partial charge in [-0.25, -0.2) is 4.99 Å². The molecule has 1 aliphatic rings. The molecule has 1 fully saturated rings. The topological polar surface area (TPSA) is 47.9 Å². The van der Waals surface area contributed by atoms with Gasteiger partial charge < -0.3 is 15.1 Å². The van der Waals surface area contributed by atoms with Gasteiger partial charge in [-0.2, -0.15) is 11.8 Å². The molecule has 1 saturated heterocycles. The van der Waals surface area contributed by atoms with E-state index in [0.29, 0.717) is 17.7 Å². The van der Waals surface area contributed by atoms with E-state index in [1.807, 2.05) is 17.8 Å². The summed E-state index contributed by atoms with van der Waals surface area (Å²) in [6.45, 7) is 11.0. The van der Waals surface area contributed by atoms with Gasteiger partial charge in [-0.05, 0) is 5.92 Å². The van der Waals surface area contributed by atoms with Crippen LogP contribution in [0.15, 0.2) is 17.6 Å². The van der Waals surface area contributed by atoms with Crippen LogP contribution in [-0.4, -0.2) is 72.9 Å². The zero-order valence-electron chi connectivity index (χ0n) is 14.0. The molecule has 0 aromatic heterocycles. The molecule has 1 amide bonds. The Morgan fingerprint density at radius 3 is 2.77 bits per heavy atom. The largest absolute Gasteiger partial charge is 0.353 e. The molecule has 0 aliphatic carbocycles. The highest BCUT2D eigenvalue weighted by atomic mass is 127. The van der Waals surface area contributed by atoms with Crippen molar-refractivity contribution in [1.82, 2.24) is 15.1 Å². The average Bonchev–Trinajstić information content (AvgIpc) is 2.47. The van der Waals surface area contributed by atoms with E-state index in [4.69, 9.17) is 0 Å². The van der Waals surface area contributed by atoms with Crippen LogP contribution in [0.4, 0.5) is 0 Å². The highest BCUT2D eigenvalue weighted by Crippen LogP contribution is 2.24. The lowest BCUT2D eigenvalue weighted by atomic mass is 10.1. The quantitative estimate of drug-likeness (QED) is 0.307. The maximum Gasteiger partial charge on any atom is 0.243 e. The van der Waals surface area contributed by atoms with Gasteiger partial charge in [-0.1, -0.05) is 19.9 Å². The molecule has 7 heteroatoms. The smallest absolute Gasteiger partial charge is 0.243 e. The lowest BCUT2D eigenvalue weighted by Crippen LogP contribution is -2.49. The predicted molar refractivity (Wildman–Crippen MR) is 107 cm³/mol. The second kappa shape index (κ2) is 11.2. The van der Waals surface area contributed by atoms with Gasteiger partial charge in [0.25, 0.3) is 0 Å². The summed E-state index contributed by atoms with van der Waals surface area (Å²) in [6, 6.07) is 0. The lowest BCUT2D eigenvalue weighted by Gasteiger charge is -2.36. The number of aliphatic imine (C=N–C) groups is 1. The van der Waals surface area contributed by atoms with Gasteiger partial charge in [0.05, 0.1) is 0 Å². The minimum absolute atomic E-state index is 0. The van der Waals surface area contributed by atoms with E-state index < -0.39 is 0 Å². The number of nitrogens with one attached hydrogen (secondary N) is 1. The molecule has 1 unspecified atom stereocenters. The summed E-state index contributed by atoms with van der Waals surface area (Å²) in [7, 11) is 3.50. The van der Waals surface area contributed by atoms with Crippen molar-refractivity contribution >= 4 is 47.6 Å². The van der Waals surface area contributed by atoms with Crippen LogP contribution in [0.3, 0.4) is 0 Å². The minimum atomic E-state index is 0. The number of rotatable bonds is 5. The highest BCUT2D eigenvalue weighted by molar-refractivity contribution is 14.0. The SMILES string of the molecule is C=CCNC(=NCC(=O)N(C)C)N1CCSC(C(C)C)C1.I. The van der Waals surface area contributed by atoms with Crippen molar-refractivity contribution < 1.29 is 4.79 Å². The number of amides is 1. The third-order valence-corrected chi connectivity index (χ3v) is 4.94. The number of guanidine groups is 1. The zero-order valence-corrected chi connectivity index (χ0v) is 17.2. The number of carbonyl (C=O) groups excluding carboxylic acids is 1. The van der Waals surface area contributed by atoms with Crippen molar-refractivity contribution in [3.63, 3.8) is 0 Å². The first-order chi connectivity index (χ1) is 9.95. The van der Waals surface area contributed by atoms with Gasteiger partial charge in [-0.15, -0.1) is 30.6 Å². The van der Waals surface area contributed by atoms with Crippen LogP contribution in [0, 0.1) is 5.92 Å². The molecule has 5 nitrogen and oxygen atoms in total. The van der Waals surface area contributed by atoms with Crippen LogP contribution in [-0.2, 0) is 4.79 Å². The highest BCUT2D eigenvalue weighted by Gasteiger charge is 2.25. The lowest BCUT2D eigenvalue weighted by molar-refractivity contribution is -0.127. The summed E-state index contributed by atoms with van der Waals surface area (Å²) in [5, 5.41) is 3.88. The minimum Gasteiger partial charge on any atom is -0.353 e. The molecule has 0 spiro atoms. The Kier molecular flexibility index (Phi) is 10.9. The van der Waals surface area contributed by atoms with Gasteiger partial charge in [0.2, 0.25) is 5.91 Å². The molecular weight excluding hydrogens is 411 g/mol. The van der Waals surface area contributed by atoms with E-state index in [0.717, 1.165) is 24.8 Å². The van der Waals surface area contributed by atoms with Crippen LogP contribution in [0.5, 0.6) is 0 Å². The number of hydrogen-bond acceptors (Lipinski definition) is 3. The molecule has 1 heterocycles. The number of nitrogens with zero attached hydrogens (tertiary/aromatic N) is 3. The standard InChI is InChI=1S/C15H28N4OS.HI/c1-6-7-16-15(17-10-14(20)18(4)5)19-8-9-21-13(11-19)12(2)3;/h6,12-13H,1,7-11H2,2-5H3,(H,16,17);1H. The third kappa shape index (κ3) is 7.21. The Morgan fingerprint density at radius 1 is 1.55 bits per heavy atom. The van der Waals surface area contributed by atoms with Crippen molar-refractivity contribution in [2.24, 2.45) is 10.9 Å². The number of hydrogen-bond donors (Lipinski definition) is 1. The number of carbonyl (C=O) groups is 1. The molecule has 0 saturated carbocycles. The summed E-state index contributed by atoms with van der Waals surface area (Å²) >= 11 is 2.03. The Morgan fingerprint density at radius 2 is 2.23 bits per heavy atom. The summed E-state index contributed by atoms with van der Waals surface area (Å²) < 4.78 is 0. The van der Waals surface area contributed by atoms with Crippen LogP contribution in [0.2, 0.25) is 0 Å². The van der Waals surface area contributed by atoms with E-state index in [9.17, 15) is 4.79 Å².